The Kier molecular flexibility index (Phi) is 3.08. The molecule has 4 nitrogen and oxygen atoms in total. The molecule has 4 heteroatoms. The average Bonchev–Trinajstić information content (AvgIpc) is 2.37. The van der Waals surface area contributed by atoms with E-state index in [0.29, 0.717) is 5.54 Å². The van der Waals surface area contributed by atoms with Crippen molar-refractivity contribution in [2.24, 2.45) is 17.8 Å². The Hall–Kier alpha value is -0.610. The van der Waals surface area contributed by atoms with Gasteiger partial charge in [0.25, 0.3) is 0 Å². The van der Waals surface area contributed by atoms with Crippen LogP contribution in [0.3, 0.4) is 0 Å². The minimum absolute atomic E-state index is 0.217. The van der Waals surface area contributed by atoms with Crippen LogP contribution in [0.4, 0.5) is 0 Å². The van der Waals surface area contributed by atoms with Gasteiger partial charge in [-0.15, -0.1) is 0 Å². The van der Waals surface area contributed by atoms with Gasteiger partial charge in [0.05, 0.1) is 6.54 Å². The molecule has 112 valence electrons. The lowest BCUT2D eigenvalue weighted by atomic mass is 9.52. The van der Waals surface area contributed by atoms with E-state index in [2.05, 4.69) is 9.80 Å². The molecule has 1 aliphatic heterocycles. The van der Waals surface area contributed by atoms with Crippen LogP contribution < -0.4 is 0 Å². The Balaban J connectivity index is 1.43. The van der Waals surface area contributed by atoms with Crippen LogP contribution in [0.1, 0.15) is 38.5 Å². The molecule has 0 aromatic rings. The van der Waals surface area contributed by atoms with Gasteiger partial charge in [0.2, 0.25) is 0 Å². The molecule has 0 unspecified atom stereocenters. The smallest absolute Gasteiger partial charge is 0.317 e. The number of rotatable bonds is 3. The first kappa shape index (κ1) is 13.1. The zero-order valence-corrected chi connectivity index (χ0v) is 12.3. The van der Waals surface area contributed by atoms with E-state index in [4.69, 9.17) is 5.11 Å². The van der Waals surface area contributed by atoms with Gasteiger partial charge in [-0.25, -0.2) is 0 Å². The summed E-state index contributed by atoms with van der Waals surface area (Å²) in [5.74, 6) is 2.31. The minimum Gasteiger partial charge on any atom is -0.480 e. The average molecular weight is 278 g/mol. The van der Waals surface area contributed by atoms with Crippen LogP contribution in [0.25, 0.3) is 0 Å². The molecule has 5 rings (SSSR count). The van der Waals surface area contributed by atoms with Crippen molar-refractivity contribution in [3.05, 3.63) is 0 Å². The molecule has 1 heterocycles. The van der Waals surface area contributed by atoms with E-state index in [1.807, 2.05) is 0 Å². The predicted octanol–water partition coefficient (Wildman–Crippen LogP) is 1.66. The van der Waals surface area contributed by atoms with Crippen LogP contribution >= 0.6 is 0 Å². The van der Waals surface area contributed by atoms with Crippen molar-refractivity contribution < 1.29 is 9.90 Å². The van der Waals surface area contributed by atoms with Crippen molar-refractivity contribution in [1.82, 2.24) is 9.80 Å². The summed E-state index contributed by atoms with van der Waals surface area (Å²) in [7, 11) is 0. The summed E-state index contributed by atoms with van der Waals surface area (Å²) in [6, 6.07) is 0. The summed E-state index contributed by atoms with van der Waals surface area (Å²) >= 11 is 0. The van der Waals surface area contributed by atoms with Gasteiger partial charge >= 0.3 is 5.97 Å². The van der Waals surface area contributed by atoms with E-state index in [1.54, 1.807) is 0 Å². The lowest BCUT2D eigenvalue weighted by Crippen LogP contribution is -2.64. The van der Waals surface area contributed by atoms with Gasteiger partial charge in [-0.2, -0.15) is 0 Å². The summed E-state index contributed by atoms with van der Waals surface area (Å²) in [5, 5.41) is 8.91. The molecule has 4 aliphatic carbocycles. The standard InChI is InChI=1S/C16H26N2O2/c19-15(20)11-17-1-3-18(4-2-17)16-8-12-5-13(9-16)7-14(6-12)10-16/h12-14H,1-11H2,(H,19,20). The first-order valence-corrected chi connectivity index (χ1v) is 8.32. The van der Waals surface area contributed by atoms with Gasteiger partial charge in [0.15, 0.2) is 0 Å². The van der Waals surface area contributed by atoms with E-state index < -0.39 is 5.97 Å². The molecule has 4 saturated carbocycles. The first-order valence-electron chi connectivity index (χ1n) is 8.32. The molecule has 5 fully saturated rings. The van der Waals surface area contributed by atoms with E-state index in [0.717, 1.165) is 43.9 Å². The molecule has 20 heavy (non-hydrogen) atoms. The SMILES string of the molecule is O=C(O)CN1CCN(C23CC4CC(CC(C4)C2)C3)CC1. The molecule has 0 radical (unpaired) electrons. The Morgan fingerprint density at radius 1 is 0.950 bits per heavy atom. The van der Waals surface area contributed by atoms with E-state index in [1.165, 1.54) is 38.5 Å². The van der Waals surface area contributed by atoms with Crippen LogP contribution in [-0.4, -0.2) is 59.1 Å². The lowest BCUT2D eigenvalue weighted by molar-refractivity contribution is -0.140. The molecule has 5 aliphatic rings. The number of carboxylic acids is 1. The number of hydrogen-bond donors (Lipinski definition) is 1. The third kappa shape index (κ3) is 2.17. The number of hydrogen-bond acceptors (Lipinski definition) is 3. The summed E-state index contributed by atoms with van der Waals surface area (Å²) < 4.78 is 0. The van der Waals surface area contributed by atoms with E-state index in [-0.39, 0.29) is 6.54 Å². The van der Waals surface area contributed by atoms with Crippen LogP contribution in [0.2, 0.25) is 0 Å². The highest BCUT2D eigenvalue weighted by Crippen LogP contribution is 2.57. The maximum absolute atomic E-state index is 10.8. The highest BCUT2D eigenvalue weighted by Gasteiger charge is 2.53. The summed E-state index contributed by atoms with van der Waals surface area (Å²) in [6.07, 6.45) is 8.78. The molecular weight excluding hydrogens is 252 g/mol. The third-order valence-corrected chi connectivity index (χ3v) is 6.41. The Labute approximate surface area is 121 Å². The quantitative estimate of drug-likeness (QED) is 0.852. The highest BCUT2D eigenvalue weighted by molar-refractivity contribution is 5.69. The molecule has 0 atom stereocenters. The molecule has 4 bridgehead atoms. The third-order valence-electron chi connectivity index (χ3n) is 6.41. The van der Waals surface area contributed by atoms with Gasteiger partial charge in [0.1, 0.15) is 0 Å². The summed E-state index contributed by atoms with van der Waals surface area (Å²) in [5.41, 5.74) is 0.504. The van der Waals surface area contributed by atoms with Crippen LogP contribution in [0, 0.1) is 17.8 Å². The largest absolute Gasteiger partial charge is 0.480 e. The van der Waals surface area contributed by atoms with Crippen LogP contribution in [0.15, 0.2) is 0 Å². The Bertz CT molecular complexity index is 366. The Morgan fingerprint density at radius 2 is 1.45 bits per heavy atom. The van der Waals surface area contributed by atoms with Crippen molar-refractivity contribution in [3.63, 3.8) is 0 Å². The fourth-order valence-electron chi connectivity index (χ4n) is 6.02. The van der Waals surface area contributed by atoms with Crippen molar-refractivity contribution in [2.75, 3.05) is 32.7 Å². The molecule has 0 spiro atoms. The summed E-state index contributed by atoms with van der Waals surface area (Å²) in [6.45, 7) is 4.26. The molecule has 0 aromatic heterocycles. The van der Waals surface area contributed by atoms with Gasteiger partial charge < -0.3 is 5.11 Å². The van der Waals surface area contributed by atoms with Crippen molar-refractivity contribution in [3.8, 4) is 0 Å². The predicted molar refractivity (Wildman–Crippen MR) is 76.6 cm³/mol. The topological polar surface area (TPSA) is 43.8 Å². The maximum atomic E-state index is 10.8. The first-order chi connectivity index (χ1) is 9.63. The van der Waals surface area contributed by atoms with E-state index in [9.17, 15) is 4.79 Å². The summed E-state index contributed by atoms with van der Waals surface area (Å²) in [4.78, 5) is 15.7. The number of nitrogens with zero attached hydrogens (tertiary/aromatic N) is 2. The fraction of sp³-hybridized carbons (Fsp3) is 0.938. The second-order valence-electron chi connectivity index (χ2n) is 7.80. The number of carboxylic acid groups (broad SMARTS) is 1. The van der Waals surface area contributed by atoms with Gasteiger partial charge in [-0.1, -0.05) is 0 Å². The van der Waals surface area contributed by atoms with Crippen molar-refractivity contribution >= 4 is 5.97 Å². The Morgan fingerprint density at radius 3 is 1.90 bits per heavy atom. The fourth-order valence-corrected chi connectivity index (χ4v) is 6.02. The number of aliphatic carboxylic acids is 1. The molecule has 1 saturated heterocycles. The van der Waals surface area contributed by atoms with Crippen molar-refractivity contribution in [1.29, 1.82) is 0 Å². The lowest BCUT2D eigenvalue weighted by Gasteiger charge is -2.61. The minimum atomic E-state index is -0.687. The zero-order valence-electron chi connectivity index (χ0n) is 12.3. The normalized spacial score (nSPS) is 44.9. The number of piperazine rings is 1. The van der Waals surface area contributed by atoms with E-state index >= 15 is 0 Å². The van der Waals surface area contributed by atoms with Gasteiger partial charge in [-0.3, -0.25) is 14.6 Å². The molecule has 1 N–H and O–H groups in total. The van der Waals surface area contributed by atoms with Crippen LogP contribution in [0.5, 0.6) is 0 Å². The van der Waals surface area contributed by atoms with Gasteiger partial charge in [0, 0.05) is 31.7 Å². The number of carbonyl (C=O) groups is 1. The highest BCUT2D eigenvalue weighted by atomic mass is 16.4. The molecule has 0 aromatic carbocycles. The zero-order chi connectivity index (χ0) is 13.7. The van der Waals surface area contributed by atoms with Gasteiger partial charge in [-0.05, 0) is 56.3 Å². The van der Waals surface area contributed by atoms with Crippen molar-refractivity contribution in [2.45, 2.75) is 44.1 Å². The second-order valence-corrected chi connectivity index (χ2v) is 7.80. The second kappa shape index (κ2) is 4.70. The van der Waals surface area contributed by atoms with Crippen LogP contribution in [-0.2, 0) is 4.79 Å². The maximum Gasteiger partial charge on any atom is 0.317 e. The monoisotopic (exact) mass is 278 g/mol. The molecular formula is C16H26N2O2. The molecule has 0 amide bonds.